The molecule has 3 saturated carbocycles. The second kappa shape index (κ2) is 18.3. The Morgan fingerprint density at radius 2 is 0.750 bits per heavy atom. The average Bonchev–Trinajstić information content (AvgIpc) is 3.14. The summed E-state index contributed by atoms with van der Waals surface area (Å²) in [4.78, 5) is 0. The molecule has 260 valence electrons. The zero-order valence-corrected chi connectivity index (χ0v) is 29.9. The van der Waals surface area contributed by atoms with E-state index in [1.807, 2.05) is 0 Å². The summed E-state index contributed by atoms with van der Waals surface area (Å²) in [5, 5.41) is 19.4. The van der Waals surface area contributed by atoms with Crippen molar-refractivity contribution in [1.29, 1.82) is 0 Å². The first-order valence-corrected chi connectivity index (χ1v) is 19.6. The lowest BCUT2D eigenvalue weighted by molar-refractivity contribution is 0.279. The van der Waals surface area contributed by atoms with Gasteiger partial charge in [0, 0.05) is 62.1 Å². The molecule has 0 saturated heterocycles. The van der Waals surface area contributed by atoms with E-state index in [1.165, 1.54) is 111 Å². The number of hydrogen-bond acceptors (Lipinski definition) is 5. The van der Waals surface area contributed by atoms with Gasteiger partial charge in [-0.2, -0.15) is 0 Å². The lowest BCUT2D eigenvalue weighted by Gasteiger charge is -2.34. The van der Waals surface area contributed by atoms with Crippen LogP contribution in [-0.2, 0) is 32.6 Å². The van der Waals surface area contributed by atoms with Crippen molar-refractivity contribution >= 4 is 5.69 Å². The number of benzene rings is 3. The average molecular weight is 650 g/mol. The first-order chi connectivity index (χ1) is 23.6. The highest BCUT2D eigenvalue weighted by Gasteiger charge is 2.26. The van der Waals surface area contributed by atoms with E-state index in [0.29, 0.717) is 30.2 Å². The molecule has 0 radical (unpaired) electrons. The van der Waals surface area contributed by atoms with Crippen LogP contribution >= 0.6 is 0 Å². The minimum atomic E-state index is 0.474. The molecule has 3 aliphatic rings. The summed E-state index contributed by atoms with van der Waals surface area (Å²) in [6, 6.07) is 30.3. The van der Waals surface area contributed by atoms with Gasteiger partial charge in [0.05, 0.1) is 0 Å². The molecule has 0 heterocycles. The molecule has 5 heteroatoms. The van der Waals surface area contributed by atoms with E-state index in [2.05, 4.69) is 113 Å². The van der Waals surface area contributed by atoms with Crippen LogP contribution in [0.1, 0.15) is 119 Å². The van der Waals surface area contributed by atoms with Crippen LogP contribution in [0.2, 0.25) is 0 Å². The van der Waals surface area contributed by atoms with E-state index in [0.717, 1.165) is 38.5 Å². The molecule has 6 atom stereocenters. The molecule has 5 nitrogen and oxygen atoms in total. The zero-order chi connectivity index (χ0) is 33.0. The smallest absolute Gasteiger partial charge is 0.0414 e. The van der Waals surface area contributed by atoms with Gasteiger partial charge < -0.3 is 26.6 Å². The molecular weight excluding hydrogens is 587 g/mol. The molecule has 5 N–H and O–H groups in total. The predicted molar refractivity (Wildman–Crippen MR) is 203 cm³/mol. The van der Waals surface area contributed by atoms with Crippen molar-refractivity contribution in [3.8, 4) is 0 Å². The third kappa shape index (κ3) is 10.4. The maximum Gasteiger partial charge on any atom is 0.0414 e. The fraction of sp³-hybridized carbons (Fsp3) is 0.581. The molecule has 0 bridgehead atoms. The lowest BCUT2D eigenvalue weighted by atomic mass is 9.86. The second-order valence-electron chi connectivity index (χ2n) is 15.2. The number of nitrogens with one attached hydrogen (secondary N) is 5. The van der Waals surface area contributed by atoms with E-state index < -0.39 is 0 Å². The molecule has 6 rings (SSSR count). The van der Waals surface area contributed by atoms with Crippen LogP contribution in [0.4, 0.5) is 5.69 Å². The maximum atomic E-state index is 3.93. The van der Waals surface area contributed by atoms with Crippen LogP contribution in [0.15, 0.2) is 72.8 Å². The number of rotatable bonds is 15. The number of hydrogen-bond donors (Lipinski definition) is 5. The first kappa shape index (κ1) is 35.1. The van der Waals surface area contributed by atoms with Gasteiger partial charge in [-0.1, -0.05) is 113 Å². The molecule has 3 aromatic rings. The molecule has 0 aliphatic heterocycles. The quantitative estimate of drug-likeness (QED) is 0.114. The highest BCUT2D eigenvalue weighted by atomic mass is 15.0. The summed E-state index contributed by atoms with van der Waals surface area (Å²) in [6.45, 7) is 8.42. The van der Waals surface area contributed by atoms with Gasteiger partial charge in [0.25, 0.3) is 0 Å². The van der Waals surface area contributed by atoms with Crippen LogP contribution in [0.25, 0.3) is 0 Å². The number of anilines is 1. The minimum Gasteiger partial charge on any atom is -0.381 e. The van der Waals surface area contributed by atoms with Crippen molar-refractivity contribution in [1.82, 2.24) is 21.3 Å². The van der Waals surface area contributed by atoms with E-state index >= 15 is 0 Å². The summed E-state index contributed by atoms with van der Waals surface area (Å²) >= 11 is 0. The zero-order valence-electron chi connectivity index (χ0n) is 29.9. The number of aryl methyl sites for hydroxylation is 1. The Morgan fingerprint density at radius 3 is 1.19 bits per heavy atom. The molecule has 3 fully saturated rings. The van der Waals surface area contributed by atoms with Gasteiger partial charge in [-0.3, -0.25) is 0 Å². The summed E-state index contributed by atoms with van der Waals surface area (Å²) in [6.07, 6.45) is 16.8. The van der Waals surface area contributed by atoms with Gasteiger partial charge in [-0.15, -0.1) is 0 Å². The summed E-state index contributed by atoms with van der Waals surface area (Å²) in [7, 11) is 0. The Balaban J connectivity index is 0.931. The van der Waals surface area contributed by atoms with Crippen molar-refractivity contribution < 1.29 is 0 Å². The molecule has 0 amide bonds. The normalized spacial score (nSPS) is 26.3. The van der Waals surface area contributed by atoms with Crippen molar-refractivity contribution in [2.45, 2.75) is 154 Å². The Labute approximate surface area is 291 Å². The topological polar surface area (TPSA) is 60.1 Å². The van der Waals surface area contributed by atoms with E-state index in [1.54, 1.807) is 0 Å². The van der Waals surface area contributed by atoms with Gasteiger partial charge in [-0.25, -0.2) is 0 Å². The Morgan fingerprint density at radius 1 is 0.417 bits per heavy atom. The molecule has 0 aromatic heterocycles. The molecule has 3 aromatic carbocycles. The van der Waals surface area contributed by atoms with Crippen LogP contribution in [-0.4, -0.2) is 30.2 Å². The predicted octanol–water partition coefficient (Wildman–Crippen LogP) is 8.62. The summed E-state index contributed by atoms with van der Waals surface area (Å²) in [5.41, 5.74) is 8.19. The largest absolute Gasteiger partial charge is 0.381 e. The Hall–Kier alpha value is -2.70. The second-order valence-corrected chi connectivity index (χ2v) is 15.2. The third-order valence-electron chi connectivity index (χ3n) is 11.7. The van der Waals surface area contributed by atoms with E-state index in [4.69, 9.17) is 0 Å². The molecule has 3 aliphatic carbocycles. The standard InChI is InChI=1S/C43H63N5/c1-3-33-16-18-34(19-17-33)29-45-40-12-6-7-13-41(40)46-30-35-20-22-36(23-21-35)31-47-42-14-8-9-15-43(42)48-38-26-24-37(25-27-38)28-44-39-11-5-4-10-32(39)2/h16-27,32,39-48H,3-15,28-31H2,1-2H3. The fourth-order valence-corrected chi connectivity index (χ4v) is 8.38. The first-order valence-electron chi connectivity index (χ1n) is 19.6. The van der Waals surface area contributed by atoms with E-state index in [9.17, 15) is 0 Å². The van der Waals surface area contributed by atoms with Crippen molar-refractivity contribution in [2.24, 2.45) is 5.92 Å². The highest BCUT2D eigenvalue weighted by Crippen LogP contribution is 2.26. The Kier molecular flexibility index (Phi) is 13.4. The SMILES string of the molecule is CCc1ccc(CNC2CCCCC2NCc2ccc(CNC3CCCCC3Nc3ccc(CNC4CCCCC4C)cc3)cc2)cc1. The lowest BCUT2D eigenvalue weighted by Crippen LogP contribution is -2.49. The van der Waals surface area contributed by atoms with Crippen LogP contribution < -0.4 is 26.6 Å². The van der Waals surface area contributed by atoms with Crippen molar-refractivity contribution in [3.63, 3.8) is 0 Å². The third-order valence-corrected chi connectivity index (χ3v) is 11.7. The molecule has 48 heavy (non-hydrogen) atoms. The van der Waals surface area contributed by atoms with Crippen molar-refractivity contribution in [3.05, 3.63) is 101 Å². The van der Waals surface area contributed by atoms with E-state index in [-0.39, 0.29) is 0 Å². The van der Waals surface area contributed by atoms with Gasteiger partial charge in [0.15, 0.2) is 0 Å². The van der Waals surface area contributed by atoms with Crippen molar-refractivity contribution in [2.75, 3.05) is 5.32 Å². The van der Waals surface area contributed by atoms with Gasteiger partial charge >= 0.3 is 0 Å². The summed E-state index contributed by atoms with van der Waals surface area (Å²) < 4.78 is 0. The maximum absolute atomic E-state index is 3.93. The van der Waals surface area contributed by atoms with Gasteiger partial charge in [-0.05, 0) is 90.8 Å². The summed E-state index contributed by atoms with van der Waals surface area (Å²) in [5.74, 6) is 0.799. The molecule has 0 spiro atoms. The highest BCUT2D eigenvalue weighted by molar-refractivity contribution is 5.46. The fourth-order valence-electron chi connectivity index (χ4n) is 8.38. The van der Waals surface area contributed by atoms with Crippen LogP contribution in [0, 0.1) is 5.92 Å². The van der Waals surface area contributed by atoms with Crippen LogP contribution in [0.3, 0.4) is 0 Å². The van der Waals surface area contributed by atoms with Gasteiger partial charge in [0.2, 0.25) is 0 Å². The van der Waals surface area contributed by atoms with Crippen LogP contribution in [0.5, 0.6) is 0 Å². The molecule has 6 unspecified atom stereocenters. The Bertz CT molecular complexity index is 1340. The minimum absolute atomic E-state index is 0.474. The molecular formula is C43H63N5. The van der Waals surface area contributed by atoms with Gasteiger partial charge in [0.1, 0.15) is 0 Å². The monoisotopic (exact) mass is 650 g/mol.